The molecular formula is C12H12BrNO5. The third kappa shape index (κ3) is 4.36. The number of esters is 1. The van der Waals surface area contributed by atoms with E-state index in [0.29, 0.717) is 4.47 Å². The summed E-state index contributed by atoms with van der Waals surface area (Å²) in [6, 6.07) is 4.11. The molecule has 19 heavy (non-hydrogen) atoms. The average molecular weight is 330 g/mol. The molecule has 0 N–H and O–H groups in total. The highest BCUT2D eigenvalue weighted by Gasteiger charge is 2.13. The zero-order valence-electron chi connectivity index (χ0n) is 10.2. The Morgan fingerprint density at radius 1 is 1.53 bits per heavy atom. The highest BCUT2D eigenvalue weighted by Crippen LogP contribution is 2.29. The Labute approximate surface area is 118 Å². The van der Waals surface area contributed by atoms with Gasteiger partial charge >= 0.3 is 5.97 Å². The quantitative estimate of drug-likeness (QED) is 0.347. The van der Waals surface area contributed by atoms with Crippen LogP contribution in [0.2, 0.25) is 0 Å². The first kappa shape index (κ1) is 15.2. The van der Waals surface area contributed by atoms with Crippen molar-refractivity contribution >= 4 is 27.6 Å². The molecule has 0 unspecified atom stereocenters. The van der Waals surface area contributed by atoms with Crippen molar-refractivity contribution in [1.82, 2.24) is 0 Å². The van der Waals surface area contributed by atoms with E-state index < -0.39 is 10.9 Å². The summed E-state index contributed by atoms with van der Waals surface area (Å²) in [5.74, 6) is -0.288. The smallest absolute Gasteiger partial charge is 0.336 e. The summed E-state index contributed by atoms with van der Waals surface area (Å²) in [6.07, 6.45) is 0. The molecule has 0 spiro atoms. The van der Waals surface area contributed by atoms with Crippen LogP contribution < -0.4 is 4.74 Å². The molecule has 0 aliphatic heterocycles. The second-order valence-corrected chi connectivity index (χ2v) is 4.34. The largest absolute Gasteiger partial charge is 0.487 e. The van der Waals surface area contributed by atoms with E-state index >= 15 is 0 Å². The van der Waals surface area contributed by atoms with E-state index in [1.54, 1.807) is 6.92 Å². The monoisotopic (exact) mass is 329 g/mol. The number of nitro benzene ring substituents is 1. The third-order valence-electron chi connectivity index (χ3n) is 2.09. The van der Waals surface area contributed by atoms with Gasteiger partial charge in [0.25, 0.3) is 5.69 Å². The molecule has 0 aliphatic rings. The number of nitro groups is 1. The van der Waals surface area contributed by atoms with Crippen molar-refractivity contribution in [1.29, 1.82) is 0 Å². The van der Waals surface area contributed by atoms with Crippen LogP contribution >= 0.6 is 15.9 Å². The molecule has 0 fully saturated rings. The van der Waals surface area contributed by atoms with Crippen molar-refractivity contribution in [3.05, 3.63) is 44.9 Å². The van der Waals surface area contributed by atoms with Gasteiger partial charge in [-0.05, 0) is 28.9 Å². The summed E-state index contributed by atoms with van der Waals surface area (Å²) in [4.78, 5) is 21.4. The fourth-order valence-electron chi connectivity index (χ4n) is 1.17. The number of hydrogen-bond donors (Lipinski definition) is 0. The lowest BCUT2D eigenvalue weighted by Crippen LogP contribution is -2.13. The lowest BCUT2D eigenvalue weighted by molar-refractivity contribution is -0.384. The number of non-ortho nitro benzene ring substituents is 1. The molecule has 0 saturated carbocycles. The van der Waals surface area contributed by atoms with Gasteiger partial charge in [0, 0.05) is 6.07 Å². The first-order valence-electron chi connectivity index (χ1n) is 5.37. The number of rotatable bonds is 6. The molecule has 0 aliphatic carbocycles. The maximum absolute atomic E-state index is 11.3. The SMILES string of the molecule is C=C(COc1cc([N+](=O)[O-])ccc1Br)C(=O)OCC. The van der Waals surface area contributed by atoms with Gasteiger partial charge in [-0.1, -0.05) is 6.58 Å². The van der Waals surface area contributed by atoms with E-state index in [4.69, 9.17) is 9.47 Å². The third-order valence-corrected chi connectivity index (χ3v) is 2.75. The number of hydrogen-bond acceptors (Lipinski definition) is 5. The van der Waals surface area contributed by atoms with Crippen LogP contribution in [0, 0.1) is 10.1 Å². The fraction of sp³-hybridized carbons (Fsp3) is 0.250. The summed E-state index contributed by atoms with van der Waals surface area (Å²) in [5.41, 5.74) is 0.0419. The number of benzene rings is 1. The van der Waals surface area contributed by atoms with Crippen LogP contribution in [0.4, 0.5) is 5.69 Å². The molecular weight excluding hydrogens is 318 g/mol. The van der Waals surface area contributed by atoms with Crippen LogP contribution in [0.5, 0.6) is 5.75 Å². The molecule has 1 rings (SSSR count). The standard InChI is InChI=1S/C12H12BrNO5/c1-3-18-12(15)8(2)7-19-11-6-9(14(16)17)4-5-10(11)13/h4-6H,2-3,7H2,1H3. The normalized spacial score (nSPS) is 9.79. The number of carbonyl (C=O) groups is 1. The lowest BCUT2D eigenvalue weighted by Gasteiger charge is -2.09. The van der Waals surface area contributed by atoms with E-state index in [0.717, 1.165) is 0 Å². The summed E-state index contributed by atoms with van der Waals surface area (Å²) < 4.78 is 10.6. The Balaban J connectivity index is 2.72. The Morgan fingerprint density at radius 2 is 2.21 bits per heavy atom. The van der Waals surface area contributed by atoms with Crippen molar-refractivity contribution in [2.45, 2.75) is 6.92 Å². The van der Waals surface area contributed by atoms with E-state index in [9.17, 15) is 14.9 Å². The van der Waals surface area contributed by atoms with Crippen LogP contribution in [0.3, 0.4) is 0 Å². The summed E-state index contributed by atoms with van der Waals surface area (Å²) in [6.45, 7) is 5.36. The second kappa shape index (κ2) is 6.89. The van der Waals surface area contributed by atoms with E-state index in [2.05, 4.69) is 22.5 Å². The minimum Gasteiger partial charge on any atom is -0.487 e. The summed E-state index contributed by atoms with van der Waals surface area (Å²) in [7, 11) is 0. The van der Waals surface area contributed by atoms with Crippen molar-refractivity contribution in [3.63, 3.8) is 0 Å². The molecule has 0 bridgehead atoms. The number of ether oxygens (including phenoxy) is 2. The van der Waals surface area contributed by atoms with E-state index in [1.807, 2.05) is 0 Å². The molecule has 0 amide bonds. The van der Waals surface area contributed by atoms with Gasteiger partial charge < -0.3 is 9.47 Å². The maximum Gasteiger partial charge on any atom is 0.336 e. The van der Waals surface area contributed by atoms with Gasteiger partial charge in [-0.3, -0.25) is 10.1 Å². The second-order valence-electron chi connectivity index (χ2n) is 3.48. The fourth-order valence-corrected chi connectivity index (χ4v) is 1.53. The highest BCUT2D eigenvalue weighted by atomic mass is 79.9. The molecule has 6 nitrogen and oxygen atoms in total. The zero-order valence-corrected chi connectivity index (χ0v) is 11.8. The van der Waals surface area contributed by atoms with Crippen LogP contribution in [0.15, 0.2) is 34.8 Å². The Hall–Kier alpha value is -1.89. The number of nitrogens with zero attached hydrogens (tertiary/aromatic N) is 1. The zero-order chi connectivity index (χ0) is 14.4. The first-order chi connectivity index (χ1) is 8.95. The molecule has 0 radical (unpaired) electrons. The summed E-state index contributed by atoms with van der Waals surface area (Å²) in [5, 5.41) is 10.6. The van der Waals surface area contributed by atoms with Crippen LogP contribution in [-0.4, -0.2) is 24.1 Å². The molecule has 102 valence electrons. The predicted octanol–water partition coefficient (Wildman–Crippen LogP) is 2.86. The molecule has 0 aromatic heterocycles. The van der Waals surface area contributed by atoms with E-state index in [-0.39, 0.29) is 30.2 Å². The Kier molecular flexibility index (Phi) is 5.50. The van der Waals surface area contributed by atoms with Crippen molar-refractivity contribution in [2.24, 2.45) is 0 Å². The lowest BCUT2D eigenvalue weighted by atomic mass is 10.3. The molecule has 1 aromatic carbocycles. The Morgan fingerprint density at radius 3 is 2.79 bits per heavy atom. The van der Waals surface area contributed by atoms with Crippen LogP contribution in [0.25, 0.3) is 0 Å². The van der Waals surface area contributed by atoms with Crippen molar-refractivity contribution in [2.75, 3.05) is 13.2 Å². The minimum atomic E-state index is -0.552. The molecule has 1 aromatic rings. The molecule has 0 saturated heterocycles. The molecule has 0 atom stereocenters. The van der Waals surface area contributed by atoms with Crippen molar-refractivity contribution < 1.29 is 19.2 Å². The van der Waals surface area contributed by atoms with Gasteiger partial charge in [-0.15, -0.1) is 0 Å². The van der Waals surface area contributed by atoms with Crippen LogP contribution in [-0.2, 0) is 9.53 Å². The molecule has 7 heteroatoms. The van der Waals surface area contributed by atoms with Crippen LogP contribution in [0.1, 0.15) is 6.92 Å². The van der Waals surface area contributed by atoms with Gasteiger partial charge in [0.2, 0.25) is 0 Å². The highest BCUT2D eigenvalue weighted by molar-refractivity contribution is 9.10. The van der Waals surface area contributed by atoms with E-state index in [1.165, 1.54) is 18.2 Å². The van der Waals surface area contributed by atoms with Gasteiger partial charge in [-0.2, -0.15) is 0 Å². The summed E-state index contributed by atoms with van der Waals surface area (Å²) >= 11 is 3.20. The average Bonchev–Trinajstić information content (AvgIpc) is 2.37. The van der Waals surface area contributed by atoms with Gasteiger partial charge in [0.15, 0.2) is 0 Å². The topological polar surface area (TPSA) is 78.7 Å². The number of carbonyl (C=O) groups excluding carboxylic acids is 1. The number of halogens is 1. The van der Waals surface area contributed by atoms with Crippen molar-refractivity contribution in [3.8, 4) is 5.75 Å². The predicted molar refractivity (Wildman–Crippen MR) is 72.1 cm³/mol. The maximum atomic E-state index is 11.3. The van der Waals surface area contributed by atoms with Gasteiger partial charge in [-0.25, -0.2) is 4.79 Å². The van der Waals surface area contributed by atoms with Gasteiger partial charge in [0.1, 0.15) is 12.4 Å². The first-order valence-corrected chi connectivity index (χ1v) is 6.16. The minimum absolute atomic E-state index is 0.0973. The Bertz CT molecular complexity index is 515. The molecule has 0 heterocycles. The van der Waals surface area contributed by atoms with Gasteiger partial charge in [0.05, 0.1) is 27.6 Å².